The van der Waals surface area contributed by atoms with E-state index in [4.69, 9.17) is 37.0 Å². The molecule has 0 radical (unpaired) electrons. The number of rotatable bonds is 78. The molecule has 0 aliphatic rings. The van der Waals surface area contributed by atoms with Gasteiger partial charge in [0.1, 0.15) is 19.3 Å². The molecule has 0 aromatic rings. The van der Waals surface area contributed by atoms with Crippen LogP contribution in [0.15, 0.2) is 0 Å². The maximum atomic E-state index is 13.1. The number of esters is 4. The molecule has 588 valence electrons. The molecule has 3 unspecified atom stereocenters. The summed E-state index contributed by atoms with van der Waals surface area (Å²) in [6.07, 6.45) is 58.0. The van der Waals surface area contributed by atoms with Crippen molar-refractivity contribution in [2.75, 3.05) is 39.6 Å². The van der Waals surface area contributed by atoms with Crippen LogP contribution in [0.3, 0.4) is 0 Å². The van der Waals surface area contributed by atoms with Crippen LogP contribution in [0, 0.1) is 17.8 Å². The van der Waals surface area contributed by atoms with Gasteiger partial charge < -0.3 is 33.8 Å². The summed E-state index contributed by atoms with van der Waals surface area (Å²) in [6.45, 7) is 12.0. The van der Waals surface area contributed by atoms with Gasteiger partial charge in [0.25, 0.3) is 0 Å². The van der Waals surface area contributed by atoms with Gasteiger partial charge in [0, 0.05) is 25.7 Å². The van der Waals surface area contributed by atoms with E-state index < -0.39 is 97.5 Å². The molecule has 99 heavy (non-hydrogen) atoms. The van der Waals surface area contributed by atoms with Crippen LogP contribution in [-0.4, -0.2) is 96.7 Å². The minimum Gasteiger partial charge on any atom is -0.462 e. The van der Waals surface area contributed by atoms with Crippen LogP contribution in [0.4, 0.5) is 0 Å². The number of aliphatic hydroxyl groups is 1. The van der Waals surface area contributed by atoms with Gasteiger partial charge in [-0.1, -0.05) is 363 Å². The van der Waals surface area contributed by atoms with E-state index in [2.05, 4.69) is 48.5 Å². The zero-order valence-electron chi connectivity index (χ0n) is 65.0. The van der Waals surface area contributed by atoms with E-state index in [9.17, 15) is 43.2 Å². The summed E-state index contributed by atoms with van der Waals surface area (Å²) in [5.74, 6) is 0.261. The molecule has 0 rings (SSSR count). The molecule has 17 nitrogen and oxygen atoms in total. The summed E-state index contributed by atoms with van der Waals surface area (Å²) in [7, 11) is -9.92. The van der Waals surface area contributed by atoms with Gasteiger partial charge in [0.2, 0.25) is 0 Å². The number of ether oxygens (including phenoxy) is 4. The van der Waals surface area contributed by atoms with Crippen molar-refractivity contribution in [3.63, 3.8) is 0 Å². The first-order valence-electron chi connectivity index (χ1n) is 41.4. The molecule has 6 atom stereocenters. The highest BCUT2D eigenvalue weighted by Crippen LogP contribution is 2.45. The summed E-state index contributed by atoms with van der Waals surface area (Å²) in [6, 6.07) is 0. The Hall–Kier alpha value is -1.94. The quantitative estimate of drug-likeness (QED) is 0.0222. The lowest BCUT2D eigenvalue weighted by molar-refractivity contribution is -0.161. The van der Waals surface area contributed by atoms with Gasteiger partial charge >= 0.3 is 39.5 Å². The van der Waals surface area contributed by atoms with Gasteiger partial charge in [-0.15, -0.1) is 0 Å². The number of hydrogen-bond donors (Lipinski definition) is 3. The highest BCUT2D eigenvalue weighted by atomic mass is 31.2. The average molecular weight is 1450 g/mol. The second-order valence-corrected chi connectivity index (χ2v) is 32.9. The minimum absolute atomic E-state index is 0.108. The summed E-state index contributed by atoms with van der Waals surface area (Å²) in [4.78, 5) is 73.0. The fourth-order valence-electron chi connectivity index (χ4n) is 12.3. The lowest BCUT2D eigenvalue weighted by Gasteiger charge is -2.21. The predicted octanol–water partition coefficient (Wildman–Crippen LogP) is 23.7. The van der Waals surface area contributed by atoms with Crippen LogP contribution < -0.4 is 0 Å². The van der Waals surface area contributed by atoms with E-state index >= 15 is 0 Å². The van der Waals surface area contributed by atoms with Crippen molar-refractivity contribution in [2.24, 2.45) is 17.8 Å². The molecule has 3 N–H and O–H groups in total. The van der Waals surface area contributed by atoms with E-state index in [1.54, 1.807) is 0 Å². The highest BCUT2D eigenvalue weighted by molar-refractivity contribution is 7.47. The van der Waals surface area contributed by atoms with E-state index in [0.717, 1.165) is 108 Å². The van der Waals surface area contributed by atoms with E-state index in [-0.39, 0.29) is 25.7 Å². The largest absolute Gasteiger partial charge is 0.472 e. The van der Waals surface area contributed by atoms with Crippen LogP contribution in [-0.2, 0) is 65.4 Å². The standard InChI is InChI=1S/C80H156O17P2/c1-8-10-11-12-13-14-15-16-21-24-35-42-49-56-63-79(84)96-75(67-90-77(82)61-54-47-40-33-28-26-31-38-45-52-59-72(5)6)69-94-98(86,87)92-65-74(81)66-93-99(88,89)95-70-76(68-91-78(83)62-55-48-41-34-29-27-32-39-46-53-60-73(7)9-2)97-80(85)64-57-50-43-36-25-22-19-17-18-20-23-30-37-44-51-58-71(3)4/h71-76,81H,8-70H2,1-7H3,(H,86,87)(H,88,89)/t73?,74-,75+,76+/m0/s1. The van der Waals surface area contributed by atoms with Crippen molar-refractivity contribution in [2.45, 2.75) is 433 Å². The molecule has 0 bridgehead atoms. The third-order valence-electron chi connectivity index (χ3n) is 19.0. The number of unbranched alkanes of at least 4 members (excludes halogenated alkanes) is 45. The van der Waals surface area contributed by atoms with Crippen molar-refractivity contribution in [3.8, 4) is 0 Å². The molecule has 0 saturated carbocycles. The van der Waals surface area contributed by atoms with Crippen molar-refractivity contribution >= 4 is 39.5 Å². The molecule has 0 amide bonds. The highest BCUT2D eigenvalue weighted by Gasteiger charge is 2.30. The lowest BCUT2D eigenvalue weighted by atomic mass is 9.99. The molecule has 0 heterocycles. The molecular weight excluding hydrogens is 1290 g/mol. The normalized spacial score (nSPS) is 14.3. The Morgan fingerprint density at radius 1 is 0.293 bits per heavy atom. The summed E-state index contributed by atoms with van der Waals surface area (Å²) >= 11 is 0. The number of carbonyl (C=O) groups is 4. The topological polar surface area (TPSA) is 237 Å². The molecule has 0 aromatic heterocycles. The second kappa shape index (κ2) is 70.4. The van der Waals surface area contributed by atoms with Gasteiger partial charge in [0.05, 0.1) is 26.4 Å². The first kappa shape index (κ1) is 97.1. The van der Waals surface area contributed by atoms with Crippen molar-refractivity contribution in [3.05, 3.63) is 0 Å². The van der Waals surface area contributed by atoms with Crippen LogP contribution in [0.25, 0.3) is 0 Å². The monoisotopic (exact) mass is 1450 g/mol. The van der Waals surface area contributed by atoms with E-state index in [1.165, 1.54) is 225 Å². The Bertz CT molecular complexity index is 1920. The van der Waals surface area contributed by atoms with Crippen molar-refractivity contribution in [1.29, 1.82) is 0 Å². The van der Waals surface area contributed by atoms with Gasteiger partial charge in [-0.3, -0.25) is 37.3 Å². The molecule has 0 fully saturated rings. The summed E-state index contributed by atoms with van der Waals surface area (Å²) in [5, 5.41) is 10.6. The number of hydrogen-bond acceptors (Lipinski definition) is 15. The molecule has 0 aliphatic heterocycles. The molecule has 0 spiro atoms. The fraction of sp³-hybridized carbons (Fsp3) is 0.950. The Kier molecular flexibility index (Phi) is 69.0. The number of phosphoric acid groups is 2. The molecule has 19 heteroatoms. The SMILES string of the molecule is CCCCCCCCCCCCCCCCC(=O)O[C@H](COC(=O)CCCCCCCCCCCCC(C)C)COP(=O)(O)OC[C@H](O)COP(=O)(O)OC[C@@H](COC(=O)CCCCCCCCCCCCC(C)CC)OC(=O)CCCCCCCCCCCCCCCCCC(C)C. The molecule has 0 aromatic carbocycles. The summed E-state index contributed by atoms with van der Waals surface area (Å²) < 4.78 is 68.7. The molecular formula is C80H156O17P2. The smallest absolute Gasteiger partial charge is 0.462 e. The first-order valence-corrected chi connectivity index (χ1v) is 44.4. The van der Waals surface area contributed by atoms with Crippen LogP contribution in [0.2, 0.25) is 0 Å². The maximum Gasteiger partial charge on any atom is 0.472 e. The van der Waals surface area contributed by atoms with Crippen molar-refractivity contribution in [1.82, 2.24) is 0 Å². The third kappa shape index (κ3) is 72.8. The van der Waals surface area contributed by atoms with E-state index in [0.29, 0.717) is 25.7 Å². The Morgan fingerprint density at radius 3 is 0.768 bits per heavy atom. The summed E-state index contributed by atoms with van der Waals surface area (Å²) in [5.41, 5.74) is 0. The molecule has 0 aliphatic carbocycles. The van der Waals surface area contributed by atoms with Gasteiger partial charge in [0.15, 0.2) is 12.2 Å². The minimum atomic E-state index is -4.96. The lowest BCUT2D eigenvalue weighted by Crippen LogP contribution is -2.30. The zero-order valence-corrected chi connectivity index (χ0v) is 66.8. The number of aliphatic hydroxyl groups excluding tert-OH is 1. The van der Waals surface area contributed by atoms with Gasteiger partial charge in [-0.2, -0.15) is 0 Å². The third-order valence-corrected chi connectivity index (χ3v) is 20.9. The number of carbonyl (C=O) groups excluding carboxylic acids is 4. The van der Waals surface area contributed by atoms with Gasteiger partial charge in [-0.25, -0.2) is 9.13 Å². The first-order chi connectivity index (χ1) is 47.8. The predicted molar refractivity (Wildman–Crippen MR) is 405 cm³/mol. The second-order valence-electron chi connectivity index (χ2n) is 30.0. The number of phosphoric ester groups is 2. The zero-order chi connectivity index (χ0) is 73.0. The average Bonchev–Trinajstić information content (AvgIpc) is 0.975. The van der Waals surface area contributed by atoms with Gasteiger partial charge in [-0.05, 0) is 43.4 Å². The Labute approximate surface area is 607 Å². The maximum absolute atomic E-state index is 13.1. The van der Waals surface area contributed by atoms with Crippen molar-refractivity contribution < 1.29 is 80.2 Å². The van der Waals surface area contributed by atoms with E-state index in [1.807, 2.05) is 0 Å². The van der Waals surface area contributed by atoms with Crippen LogP contribution in [0.1, 0.15) is 414 Å². The fourth-order valence-corrected chi connectivity index (χ4v) is 13.9. The molecule has 0 saturated heterocycles. The Balaban J connectivity index is 5.27. The van der Waals surface area contributed by atoms with Crippen LogP contribution >= 0.6 is 15.6 Å². The van der Waals surface area contributed by atoms with Crippen LogP contribution in [0.5, 0.6) is 0 Å². The Morgan fingerprint density at radius 2 is 0.515 bits per heavy atom.